The van der Waals surface area contributed by atoms with E-state index in [1.807, 2.05) is 6.92 Å². The van der Waals surface area contributed by atoms with Crippen LogP contribution >= 0.6 is 11.6 Å². The highest BCUT2D eigenvalue weighted by Crippen LogP contribution is 2.27. The van der Waals surface area contributed by atoms with Gasteiger partial charge in [-0.1, -0.05) is 17.7 Å². The Balaban J connectivity index is 2.72. The van der Waals surface area contributed by atoms with Crippen LogP contribution in [-0.4, -0.2) is 11.9 Å². The fourth-order valence-corrected chi connectivity index (χ4v) is 1.46. The fourth-order valence-electron chi connectivity index (χ4n) is 1.28. The molecule has 1 aromatic carbocycles. The van der Waals surface area contributed by atoms with E-state index in [-0.39, 0.29) is 18.4 Å². The summed E-state index contributed by atoms with van der Waals surface area (Å²) in [6, 6.07) is 5.24. The molecule has 0 aromatic heterocycles. The molecule has 1 rings (SSSR count). The van der Waals surface area contributed by atoms with E-state index in [0.717, 1.165) is 5.69 Å². The third kappa shape index (κ3) is 3.32. The van der Waals surface area contributed by atoms with Crippen LogP contribution in [-0.2, 0) is 4.79 Å². The van der Waals surface area contributed by atoms with E-state index in [4.69, 9.17) is 23.1 Å². The van der Waals surface area contributed by atoms with Crippen LogP contribution in [0.5, 0.6) is 0 Å². The van der Waals surface area contributed by atoms with Crippen LogP contribution in [0.25, 0.3) is 0 Å². The molecule has 0 radical (unpaired) electrons. The van der Waals surface area contributed by atoms with Crippen molar-refractivity contribution < 1.29 is 4.79 Å². The zero-order valence-corrected chi connectivity index (χ0v) is 9.21. The molecule has 1 atom stereocenters. The zero-order chi connectivity index (χ0) is 11.4. The third-order valence-corrected chi connectivity index (χ3v) is 2.29. The number of rotatable bonds is 4. The molecule has 15 heavy (non-hydrogen) atoms. The minimum absolute atomic E-state index is 0.0664. The number of carbonyl (C=O) groups is 1. The first-order valence-corrected chi connectivity index (χ1v) is 4.97. The second-order valence-electron chi connectivity index (χ2n) is 3.42. The van der Waals surface area contributed by atoms with Crippen LogP contribution in [0, 0.1) is 0 Å². The Hall–Kier alpha value is -1.42. The van der Waals surface area contributed by atoms with Gasteiger partial charge in [-0.05, 0) is 19.1 Å². The van der Waals surface area contributed by atoms with E-state index >= 15 is 0 Å². The maximum atomic E-state index is 10.7. The van der Waals surface area contributed by atoms with E-state index in [2.05, 4.69) is 5.32 Å². The number of primary amides is 1. The number of hydrogen-bond donors (Lipinski definition) is 3. The molecule has 0 heterocycles. The summed E-state index contributed by atoms with van der Waals surface area (Å²) >= 11 is 5.85. The molecule has 1 amide bonds. The summed E-state index contributed by atoms with van der Waals surface area (Å²) in [7, 11) is 0. The maximum Gasteiger partial charge on any atom is 0.219 e. The van der Waals surface area contributed by atoms with Gasteiger partial charge in [0.25, 0.3) is 0 Å². The molecule has 0 aliphatic carbocycles. The third-order valence-electron chi connectivity index (χ3n) is 1.96. The first kappa shape index (κ1) is 11.7. The molecular formula is C10H14ClN3O. The van der Waals surface area contributed by atoms with Gasteiger partial charge in [0.05, 0.1) is 16.4 Å². The van der Waals surface area contributed by atoms with Crippen molar-refractivity contribution in [1.29, 1.82) is 0 Å². The van der Waals surface area contributed by atoms with Gasteiger partial charge in [-0.2, -0.15) is 0 Å². The number of halogens is 1. The lowest BCUT2D eigenvalue weighted by Gasteiger charge is -2.15. The molecule has 82 valence electrons. The molecule has 0 saturated carbocycles. The van der Waals surface area contributed by atoms with Crippen molar-refractivity contribution in [1.82, 2.24) is 0 Å². The highest BCUT2D eigenvalue weighted by Gasteiger charge is 2.08. The predicted molar refractivity (Wildman–Crippen MR) is 62.8 cm³/mol. The summed E-state index contributed by atoms with van der Waals surface area (Å²) in [5.74, 6) is -0.351. The molecule has 5 N–H and O–H groups in total. The van der Waals surface area contributed by atoms with Gasteiger partial charge >= 0.3 is 0 Å². The van der Waals surface area contributed by atoms with Gasteiger partial charge in [0.2, 0.25) is 5.91 Å². The summed E-state index contributed by atoms with van der Waals surface area (Å²) in [5.41, 5.74) is 12.0. The van der Waals surface area contributed by atoms with Crippen LogP contribution in [0.15, 0.2) is 18.2 Å². The molecule has 0 saturated heterocycles. The van der Waals surface area contributed by atoms with Gasteiger partial charge in [-0.3, -0.25) is 4.79 Å². The summed E-state index contributed by atoms with van der Waals surface area (Å²) < 4.78 is 0. The Kier molecular flexibility index (Phi) is 3.80. The number of nitrogen functional groups attached to an aromatic ring is 1. The van der Waals surface area contributed by atoms with Crippen molar-refractivity contribution in [2.45, 2.75) is 19.4 Å². The highest BCUT2D eigenvalue weighted by molar-refractivity contribution is 6.33. The highest BCUT2D eigenvalue weighted by atomic mass is 35.5. The summed E-state index contributed by atoms with van der Waals surface area (Å²) in [5, 5.41) is 3.56. The number of amides is 1. The van der Waals surface area contributed by atoms with Crippen molar-refractivity contribution >= 4 is 28.9 Å². The first-order chi connectivity index (χ1) is 7.00. The lowest BCUT2D eigenvalue weighted by atomic mass is 10.2. The molecule has 0 spiro atoms. The Bertz CT molecular complexity index is 368. The smallest absolute Gasteiger partial charge is 0.219 e. The van der Waals surface area contributed by atoms with Gasteiger partial charge in [-0.25, -0.2) is 0 Å². The van der Waals surface area contributed by atoms with Crippen LogP contribution in [0.1, 0.15) is 13.3 Å². The predicted octanol–water partition coefficient (Wildman–Crippen LogP) is 1.60. The monoisotopic (exact) mass is 227 g/mol. The molecule has 0 aliphatic rings. The molecule has 1 aromatic rings. The lowest BCUT2D eigenvalue weighted by Crippen LogP contribution is -2.24. The minimum Gasteiger partial charge on any atom is -0.396 e. The van der Waals surface area contributed by atoms with Gasteiger partial charge in [0.1, 0.15) is 0 Å². The molecule has 0 bridgehead atoms. The van der Waals surface area contributed by atoms with Gasteiger partial charge in [-0.15, -0.1) is 0 Å². The number of para-hydroxylation sites is 1. The van der Waals surface area contributed by atoms with Crippen LogP contribution in [0.3, 0.4) is 0 Å². The first-order valence-electron chi connectivity index (χ1n) is 4.59. The second-order valence-corrected chi connectivity index (χ2v) is 3.82. The van der Waals surface area contributed by atoms with E-state index in [0.29, 0.717) is 10.7 Å². The SMILES string of the molecule is CC(CC(N)=O)Nc1cccc(Cl)c1N. The van der Waals surface area contributed by atoms with E-state index in [1.54, 1.807) is 18.2 Å². The quantitative estimate of drug-likeness (QED) is 0.684. The number of nitrogens with two attached hydrogens (primary N) is 2. The van der Waals surface area contributed by atoms with E-state index in [9.17, 15) is 4.79 Å². The molecule has 0 aliphatic heterocycles. The van der Waals surface area contributed by atoms with Crippen LogP contribution < -0.4 is 16.8 Å². The van der Waals surface area contributed by atoms with Gasteiger partial charge < -0.3 is 16.8 Å². The Morgan fingerprint density at radius 1 is 1.60 bits per heavy atom. The number of hydrogen-bond acceptors (Lipinski definition) is 3. The summed E-state index contributed by atoms with van der Waals surface area (Å²) in [6.07, 6.45) is 0.256. The normalized spacial score (nSPS) is 12.1. The Morgan fingerprint density at radius 2 is 2.27 bits per heavy atom. The number of benzene rings is 1. The molecule has 4 nitrogen and oxygen atoms in total. The van der Waals surface area contributed by atoms with Crippen molar-refractivity contribution in [2.24, 2.45) is 5.73 Å². The van der Waals surface area contributed by atoms with Crippen molar-refractivity contribution in [3.05, 3.63) is 23.2 Å². The van der Waals surface area contributed by atoms with Gasteiger partial charge in [0, 0.05) is 12.5 Å². The molecule has 0 fully saturated rings. The summed E-state index contributed by atoms with van der Waals surface area (Å²) in [4.78, 5) is 10.7. The Labute approximate surface area is 93.6 Å². The molecular weight excluding hydrogens is 214 g/mol. The Morgan fingerprint density at radius 3 is 2.87 bits per heavy atom. The maximum absolute atomic E-state index is 10.7. The summed E-state index contributed by atoms with van der Waals surface area (Å²) in [6.45, 7) is 1.85. The minimum atomic E-state index is -0.351. The zero-order valence-electron chi connectivity index (χ0n) is 8.46. The van der Waals surface area contributed by atoms with Crippen molar-refractivity contribution in [2.75, 3.05) is 11.1 Å². The van der Waals surface area contributed by atoms with E-state index < -0.39 is 0 Å². The standard InChI is InChI=1S/C10H14ClN3O/c1-6(5-9(12)15)14-8-4-2-3-7(11)10(8)13/h2-4,6,14H,5,13H2,1H3,(H2,12,15). The number of anilines is 2. The number of nitrogens with one attached hydrogen (secondary N) is 1. The van der Waals surface area contributed by atoms with E-state index in [1.165, 1.54) is 0 Å². The lowest BCUT2D eigenvalue weighted by molar-refractivity contribution is -0.118. The van der Waals surface area contributed by atoms with Crippen LogP contribution in [0.4, 0.5) is 11.4 Å². The van der Waals surface area contributed by atoms with Gasteiger partial charge in [0.15, 0.2) is 0 Å². The second kappa shape index (κ2) is 4.89. The van der Waals surface area contributed by atoms with Crippen molar-refractivity contribution in [3.8, 4) is 0 Å². The molecule has 5 heteroatoms. The fraction of sp³-hybridized carbons (Fsp3) is 0.300. The topological polar surface area (TPSA) is 81.1 Å². The average Bonchev–Trinajstić information content (AvgIpc) is 2.11. The molecule has 1 unspecified atom stereocenters. The van der Waals surface area contributed by atoms with Crippen LogP contribution in [0.2, 0.25) is 5.02 Å². The average molecular weight is 228 g/mol. The largest absolute Gasteiger partial charge is 0.396 e. The van der Waals surface area contributed by atoms with Crippen molar-refractivity contribution in [3.63, 3.8) is 0 Å². The number of carbonyl (C=O) groups excluding carboxylic acids is 1.